The van der Waals surface area contributed by atoms with Crippen molar-refractivity contribution >= 4 is 17.2 Å². The van der Waals surface area contributed by atoms with E-state index in [1.165, 1.54) is 11.3 Å². The minimum absolute atomic E-state index is 0.00465. The molecule has 1 amide bonds. The van der Waals surface area contributed by atoms with Crippen LogP contribution in [0.25, 0.3) is 0 Å². The highest BCUT2D eigenvalue weighted by Gasteiger charge is 2.35. The number of aliphatic hydroxyl groups excluding tert-OH is 1. The lowest BCUT2D eigenvalue weighted by molar-refractivity contribution is 0.0768. The first-order chi connectivity index (χ1) is 10.5. The molecule has 1 aliphatic heterocycles. The standard InChI is InChI=1S/C15H18N4O2S/c1-9-14(22-10(2)18-9)15(21)19-7-11(13(20)8-19)5-12-6-16-3-4-17-12/h3-4,6,11,13,20H,5,7-8H2,1-2H3/t11-,13-/m1/s1. The smallest absolute Gasteiger partial charge is 0.265 e. The van der Waals surface area contributed by atoms with E-state index in [0.29, 0.717) is 24.4 Å². The van der Waals surface area contributed by atoms with Gasteiger partial charge in [0.2, 0.25) is 0 Å². The Morgan fingerprint density at radius 1 is 1.41 bits per heavy atom. The van der Waals surface area contributed by atoms with E-state index in [9.17, 15) is 9.90 Å². The van der Waals surface area contributed by atoms with E-state index in [1.807, 2.05) is 13.8 Å². The van der Waals surface area contributed by atoms with E-state index < -0.39 is 6.10 Å². The average molecular weight is 318 g/mol. The van der Waals surface area contributed by atoms with Crippen molar-refractivity contribution in [2.45, 2.75) is 26.4 Å². The summed E-state index contributed by atoms with van der Waals surface area (Å²) in [6.07, 6.45) is 5.07. The van der Waals surface area contributed by atoms with Gasteiger partial charge in [0.25, 0.3) is 5.91 Å². The number of aromatic nitrogens is 3. The number of amides is 1. The second-order valence-corrected chi connectivity index (χ2v) is 6.79. The molecule has 116 valence electrons. The Labute approximate surface area is 132 Å². The number of nitrogens with zero attached hydrogens (tertiary/aromatic N) is 4. The summed E-state index contributed by atoms with van der Waals surface area (Å²) in [4.78, 5) is 27.5. The molecule has 1 aliphatic rings. The molecule has 1 N–H and O–H groups in total. The van der Waals surface area contributed by atoms with E-state index in [2.05, 4.69) is 15.0 Å². The number of aliphatic hydroxyl groups is 1. The highest BCUT2D eigenvalue weighted by molar-refractivity contribution is 7.13. The molecule has 2 aromatic rings. The lowest BCUT2D eigenvalue weighted by Gasteiger charge is -2.15. The van der Waals surface area contributed by atoms with Crippen LogP contribution in [0.15, 0.2) is 18.6 Å². The maximum absolute atomic E-state index is 12.6. The van der Waals surface area contributed by atoms with E-state index in [1.54, 1.807) is 23.5 Å². The second-order valence-electron chi connectivity index (χ2n) is 5.59. The molecule has 7 heteroatoms. The Bertz CT molecular complexity index is 673. The predicted molar refractivity (Wildman–Crippen MR) is 82.7 cm³/mol. The molecule has 22 heavy (non-hydrogen) atoms. The fourth-order valence-electron chi connectivity index (χ4n) is 2.80. The van der Waals surface area contributed by atoms with Crippen LogP contribution in [0.4, 0.5) is 0 Å². The van der Waals surface area contributed by atoms with Crippen molar-refractivity contribution in [2.24, 2.45) is 5.92 Å². The van der Waals surface area contributed by atoms with Crippen molar-refractivity contribution in [3.05, 3.63) is 39.9 Å². The van der Waals surface area contributed by atoms with Gasteiger partial charge in [-0.15, -0.1) is 11.3 Å². The SMILES string of the molecule is Cc1nc(C)c(C(=O)N2C[C@@H](Cc3cnccn3)[C@H](O)C2)s1. The van der Waals surface area contributed by atoms with Gasteiger partial charge in [-0.1, -0.05) is 0 Å². The van der Waals surface area contributed by atoms with Gasteiger partial charge in [-0.2, -0.15) is 0 Å². The van der Waals surface area contributed by atoms with Crippen LogP contribution in [0.1, 0.15) is 26.1 Å². The normalized spacial score (nSPS) is 21.3. The fourth-order valence-corrected chi connectivity index (χ4v) is 3.69. The van der Waals surface area contributed by atoms with Crippen LogP contribution in [0, 0.1) is 19.8 Å². The number of β-amino-alcohol motifs (C(OH)–C–C–N with tert-alkyl or cyclic N) is 1. The minimum atomic E-state index is -0.528. The molecule has 0 bridgehead atoms. The molecule has 1 saturated heterocycles. The lowest BCUT2D eigenvalue weighted by atomic mass is 10.0. The first-order valence-electron chi connectivity index (χ1n) is 7.21. The summed E-state index contributed by atoms with van der Waals surface area (Å²) in [5.41, 5.74) is 1.60. The summed E-state index contributed by atoms with van der Waals surface area (Å²) in [7, 11) is 0. The van der Waals surface area contributed by atoms with Crippen LogP contribution in [0.3, 0.4) is 0 Å². The Morgan fingerprint density at radius 3 is 2.86 bits per heavy atom. The number of hydrogen-bond acceptors (Lipinski definition) is 6. The number of thiazole rings is 1. The predicted octanol–water partition coefficient (Wildman–Crippen LogP) is 1.23. The highest BCUT2D eigenvalue weighted by atomic mass is 32.1. The molecular weight excluding hydrogens is 300 g/mol. The van der Waals surface area contributed by atoms with Gasteiger partial charge in [0.1, 0.15) is 4.88 Å². The van der Waals surface area contributed by atoms with Crippen LogP contribution < -0.4 is 0 Å². The van der Waals surface area contributed by atoms with Crippen molar-refractivity contribution in [1.82, 2.24) is 19.9 Å². The number of carbonyl (C=O) groups is 1. The maximum Gasteiger partial charge on any atom is 0.265 e. The molecule has 0 spiro atoms. The van der Waals surface area contributed by atoms with Crippen molar-refractivity contribution in [1.29, 1.82) is 0 Å². The molecule has 3 rings (SSSR count). The van der Waals surface area contributed by atoms with Crippen LogP contribution >= 0.6 is 11.3 Å². The van der Waals surface area contributed by atoms with Crippen LogP contribution in [-0.2, 0) is 6.42 Å². The lowest BCUT2D eigenvalue weighted by Crippen LogP contribution is -2.29. The molecule has 0 unspecified atom stereocenters. The summed E-state index contributed by atoms with van der Waals surface area (Å²) in [5, 5.41) is 11.1. The fraction of sp³-hybridized carbons (Fsp3) is 0.467. The van der Waals surface area contributed by atoms with Gasteiger partial charge in [-0.25, -0.2) is 4.98 Å². The zero-order chi connectivity index (χ0) is 15.7. The number of rotatable bonds is 3. The largest absolute Gasteiger partial charge is 0.391 e. The zero-order valence-electron chi connectivity index (χ0n) is 12.6. The zero-order valence-corrected chi connectivity index (χ0v) is 13.4. The number of carbonyl (C=O) groups excluding carboxylic acids is 1. The monoisotopic (exact) mass is 318 g/mol. The van der Waals surface area contributed by atoms with Gasteiger partial charge in [0.05, 0.1) is 22.5 Å². The Morgan fingerprint density at radius 2 is 2.23 bits per heavy atom. The van der Waals surface area contributed by atoms with Crippen LogP contribution in [-0.4, -0.2) is 50.1 Å². The van der Waals surface area contributed by atoms with Crippen molar-refractivity contribution < 1.29 is 9.90 Å². The number of hydrogen-bond donors (Lipinski definition) is 1. The molecule has 1 fully saturated rings. The van der Waals surface area contributed by atoms with Crippen LogP contribution in [0.5, 0.6) is 0 Å². The summed E-state index contributed by atoms with van der Waals surface area (Å²) in [6, 6.07) is 0. The maximum atomic E-state index is 12.6. The summed E-state index contributed by atoms with van der Waals surface area (Å²) in [5.74, 6) is -0.0428. The quantitative estimate of drug-likeness (QED) is 0.920. The molecule has 0 aliphatic carbocycles. The van der Waals surface area contributed by atoms with Gasteiger partial charge in [-0.05, 0) is 20.3 Å². The Hall–Kier alpha value is -1.86. The molecule has 0 aromatic carbocycles. The minimum Gasteiger partial charge on any atom is -0.391 e. The summed E-state index contributed by atoms with van der Waals surface area (Å²) >= 11 is 1.41. The van der Waals surface area contributed by atoms with E-state index >= 15 is 0 Å². The molecular formula is C15H18N4O2S. The Balaban J connectivity index is 1.70. The second kappa shape index (κ2) is 6.10. The molecule has 2 atom stereocenters. The first kappa shape index (κ1) is 15.1. The van der Waals surface area contributed by atoms with Gasteiger partial charge in [-0.3, -0.25) is 14.8 Å². The van der Waals surface area contributed by atoms with E-state index in [0.717, 1.165) is 16.4 Å². The third kappa shape index (κ3) is 3.00. The Kier molecular flexibility index (Phi) is 4.17. The van der Waals surface area contributed by atoms with E-state index in [4.69, 9.17) is 0 Å². The van der Waals surface area contributed by atoms with Gasteiger partial charge < -0.3 is 10.0 Å². The third-order valence-electron chi connectivity index (χ3n) is 3.88. The number of likely N-dealkylation sites (tertiary alicyclic amines) is 1. The van der Waals surface area contributed by atoms with Crippen molar-refractivity contribution in [3.63, 3.8) is 0 Å². The van der Waals surface area contributed by atoms with Gasteiger partial charge in [0.15, 0.2) is 0 Å². The first-order valence-corrected chi connectivity index (χ1v) is 8.02. The molecule has 0 radical (unpaired) electrons. The molecule has 2 aromatic heterocycles. The third-order valence-corrected chi connectivity index (χ3v) is 4.94. The van der Waals surface area contributed by atoms with Crippen molar-refractivity contribution in [2.75, 3.05) is 13.1 Å². The molecule has 6 nitrogen and oxygen atoms in total. The van der Waals surface area contributed by atoms with E-state index in [-0.39, 0.29) is 11.8 Å². The van der Waals surface area contributed by atoms with Gasteiger partial charge >= 0.3 is 0 Å². The van der Waals surface area contributed by atoms with Gasteiger partial charge in [0, 0.05) is 37.6 Å². The van der Waals surface area contributed by atoms with Crippen LogP contribution in [0.2, 0.25) is 0 Å². The summed E-state index contributed by atoms with van der Waals surface area (Å²) in [6.45, 7) is 4.64. The number of aryl methyl sites for hydroxylation is 2. The van der Waals surface area contributed by atoms with Crippen molar-refractivity contribution in [3.8, 4) is 0 Å². The molecule has 3 heterocycles. The summed E-state index contributed by atoms with van der Waals surface area (Å²) < 4.78 is 0. The molecule has 0 saturated carbocycles. The highest BCUT2D eigenvalue weighted by Crippen LogP contribution is 2.25. The average Bonchev–Trinajstić information content (AvgIpc) is 3.02. The topological polar surface area (TPSA) is 79.2 Å².